The largest absolute Gasteiger partial charge is 0.456 e. The Morgan fingerprint density at radius 3 is 2.05 bits per heavy atom. The minimum atomic E-state index is 0.0328. The smallest absolute Gasteiger partial charge is 0.135 e. The molecule has 1 aromatic heterocycles. The molecule has 5 nitrogen and oxygen atoms in total. The molecule has 0 bridgehead atoms. The Bertz CT molecular complexity index is 846. The van der Waals surface area contributed by atoms with Gasteiger partial charge in [-0.15, -0.1) is 0 Å². The van der Waals surface area contributed by atoms with Gasteiger partial charge in [0, 0.05) is 22.1 Å². The van der Waals surface area contributed by atoms with Gasteiger partial charge in [-0.1, -0.05) is 24.3 Å². The maximum Gasteiger partial charge on any atom is 0.135 e. The number of hydrogen-bond acceptors (Lipinski definition) is 3. The average Bonchev–Trinajstić information content (AvgIpc) is 2.90. The summed E-state index contributed by atoms with van der Waals surface area (Å²) < 4.78 is 5.79. The summed E-state index contributed by atoms with van der Waals surface area (Å²) in [6.07, 6.45) is 0. The number of hydrogen-bond donors (Lipinski definition) is 4. The van der Waals surface area contributed by atoms with Gasteiger partial charge in [-0.25, -0.2) is 0 Å². The molecule has 0 aliphatic heterocycles. The first-order valence-electron chi connectivity index (χ1n) is 6.37. The summed E-state index contributed by atoms with van der Waals surface area (Å²) in [5.41, 5.74) is 13.9. The number of furan rings is 1. The van der Waals surface area contributed by atoms with Crippen molar-refractivity contribution >= 4 is 22.6 Å². The van der Waals surface area contributed by atoms with Crippen molar-refractivity contribution in [1.82, 2.24) is 0 Å². The number of amidine groups is 2. The van der Waals surface area contributed by atoms with E-state index in [0.717, 1.165) is 22.3 Å². The zero-order valence-electron chi connectivity index (χ0n) is 11.2. The van der Waals surface area contributed by atoms with Crippen molar-refractivity contribution in [2.24, 2.45) is 11.5 Å². The third-order valence-electron chi connectivity index (χ3n) is 3.31. The molecule has 6 N–H and O–H groups in total. The number of nitrogens with two attached hydrogens (primary N) is 2. The highest BCUT2D eigenvalue weighted by Gasteiger charge is 2.08. The van der Waals surface area contributed by atoms with Crippen LogP contribution in [0.25, 0.3) is 22.3 Å². The van der Waals surface area contributed by atoms with Gasteiger partial charge in [-0.05, 0) is 24.3 Å². The molecule has 5 heteroatoms. The minimum Gasteiger partial charge on any atom is -0.456 e. The molecule has 0 unspecified atom stereocenters. The van der Waals surface area contributed by atoms with Crippen molar-refractivity contribution in [3.63, 3.8) is 0 Å². The van der Waals surface area contributed by atoms with Crippen molar-refractivity contribution in [1.29, 1.82) is 10.8 Å². The summed E-state index contributed by atoms with van der Waals surface area (Å²) in [6, 6.07) is 14.6. The Morgan fingerprint density at radius 2 is 1.43 bits per heavy atom. The second-order valence-electron chi connectivity index (χ2n) is 4.77. The van der Waals surface area contributed by atoms with E-state index in [1.807, 2.05) is 24.3 Å². The average molecular weight is 278 g/mol. The van der Waals surface area contributed by atoms with Gasteiger partial charge in [0.25, 0.3) is 0 Å². The molecule has 0 amide bonds. The van der Waals surface area contributed by atoms with E-state index < -0.39 is 0 Å². The van der Waals surface area contributed by atoms with Crippen LogP contribution in [-0.2, 0) is 0 Å². The van der Waals surface area contributed by atoms with E-state index in [-0.39, 0.29) is 11.7 Å². The second-order valence-corrected chi connectivity index (χ2v) is 4.77. The fraction of sp³-hybridized carbons (Fsp3) is 0. The second kappa shape index (κ2) is 4.79. The van der Waals surface area contributed by atoms with Gasteiger partial charge in [0.05, 0.1) is 0 Å². The Hall–Kier alpha value is -3.08. The van der Waals surface area contributed by atoms with E-state index in [0.29, 0.717) is 11.1 Å². The van der Waals surface area contributed by atoms with E-state index in [4.69, 9.17) is 26.7 Å². The first kappa shape index (κ1) is 12.9. The zero-order chi connectivity index (χ0) is 15.0. The van der Waals surface area contributed by atoms with E-state index in [1.165, 1.54) is 0 Å². The van der Waals surface area contributed by atoms with Crippen molar-refractivity contribution in [2.45, 2.75) is 0 Å². The van der Waals surface area contributed by atoms with Crippen LogP contribution in [0.15, 0.2) is 52.9 Å². The molecule has 104 valence electrons. The van der Waals surface area contributed by atoms with Gasteiger partial charge in [0.15, 0.2) is 0 Å². The van der Waals surface area contributed by atoms with E-state index in [9.17, 15) is 0 Å². The van der Waals surface area contributed by atoms with Gasteiger partial charge in [-0.3, -0.25) is 10.8 Å². The van der Waals surface area contributed by atoms with E-state index in [2.05, 4.69) is 0 Å². The Balaban J connectivity index is 2.04. The highest BCUT2D eigenvalue weighted by atomic mass is 16.3. The number of nitrogens with one attached hydrogen (secondary N) is 2. The summed E-state index contributed by atoms with van der Waals surface area (Å²) >= 11 is 0. The maximum absolute atomic E-state index is 7.46. The molecule has 0 aliphatic carbocycles. The van der Waals surface area contributed by atoms with Crippen LogP contribution >= 0.6 is 0 Å². The lowest BCUT2D eigenvalue weighted by Gasteiger charge is -1.99. The molecule has 3 aromatic rings. The molecular formula is C16H14N4O. The summed E-state index contributed by atoms with van der Waals surface area (Å²) in [6.45, 7) is 0. The maximum atomic E-state index is 7.46. The first-order valence-corrected chi connectivity index (χ1v) is 6.37. The molecule has 0 spiro atoms. The molecule has 0 fully saturated rings. The monoisotopic (exact) mass is 278 g/mol. The fourth-order valence-electron chi connectivity index (χ4n) is 2.17. The summed E-state index contributed by atoms with van der Waals surface area (Å²) in [5.74, 6) is 0.795. The summed E-state index contributed by atoms with van der Waals surface area (Å²) in [4.78, 5) is 0. The first-order chi connectivity index (χ1) is 10.0. The number of nitrogen functional groups attached to an aromatic ring is 2. The number of benzene rings is 2. The molecule has 0 atom stereocenters. The normalized spacial score (nSPS) is 10.7. The van der Waals surface area contributed by atoms with Gasteiger partial charge in [0.1, 0.15) is 23.0 Å². The highest BCUT2D eigenvalue weighted by Crippen LogP contribution is 2.28. The quantitative estimate of drug-likeness (QED) is 0.436. The van der Waals surface area contributed by atoms with E-state index in [1.54, 1.807) is 24.3 Å². The summed E-state index contributed by atoms with van der Waals surface area (Å²) in [7, 11) is 0. The third-order valence-corrected chi connectivity index (χ3v) is 3.31. The molecule has 1 heterocycles. The van der Waals surface area contributed by atoms with Crippen LogP contribution in [0.4, 0.5) is 0 Å². The van der Waals surface area contributed by atoms with Crippen LogP contribution in [0.2, 0.25) is 0 Å². The number of fused-ring (bicyclic) bond motifs is 1. The third kappa shape index (κ3) is 2.36. The minimum absolute atomic E-state index is 0.0328. The number of rotatable bonds is 3. The van der Waals surface area contributed by atoms with Crippen LogP contribution in [-0.4, -0.2) is 11.7 Å². The van der Waals surface area contributed by atoms with Crippen LogP contribution in [0.3, 0.4) is 0 Å². The SMILES string of the molecule is N=C(N)c1ccc(-c2cc3cc(C(=N)N)ccc3o2)cc1. The Morgan fingerprint density at radius 1 is 0.810 bits per heavy atom. The lowest BCUT2D eigenvalue weighted by molar-refractivity contribution is 0.631. The van der Waals surface area contributed by atoms with Crippen molar-refractivity contribution in [2.75, 3.05) is 0 Å². The van der Waals surface area contributed by atoms with Gasteiger partial charge >= 0.3 is 0 Å². The Kier molecular flexibility index (Phi) is 2.95. The lowest BCUT2D eigenvalue weighted by Crippen LogP contribution is -2.10. The molecular weight excluding hydrogens is 264 g/mol. The van der Waals surface area contributed by atoms with Crippen molar-refractivity contribution in [3.05, 3.63) is 59.7 Å². The topological polar surface area (TPSA) is 113 Å². The summed E-state index contributed by atoms with van der Waals surface area (Å²) in [5, 5.41) is 15.7. The molecule has 0 radical (unpaired) electrons. The molecule has 0 saturated carbocycles. The van der Waals surface area contributed by atoms with Gasteiger partial charge < -0.3 is 15.9 Å². The molecule has 21 heavy (non-hydrogen) atoms. The molecule has 2 aromatic carbocycles. The highest BCUT2D eigenvalue weighted by molar-refractivity contribution is 5.99. The predicted molar refractivity (Wildman–Crippen MR) is 83.7 cm³/mol. The zero-order valence-corrected chi connectivity index (χ0v) is 11.2. The van der Waals surface area contributed by atoms with Gasteiger partial charge in [0.2, 0.25) is 0 Å². The lowest BCUT2D eigenvalue weighted by atomic mass is 10.1. The molecule has 3 rings (SSSR count). The van der Waals surface area contributed by atoms with E-state index >= 15 is 0 Å². The standard InChI is InChI=1S/C16H14N4O/c17-15(18)10-3-1-9(2-4-10)14-8-12-7-11(16(19)20)5-6-13(12)21-14/h1-8H,(H3,17,18)(H3,19,20). The van der Waals surface area contributed by atoms with Crippen LogP contribution in [0.1, 0.15) is 11.1 Å². The molecule has 0 saturated heterocycles. The van der Waals surface area contributed by atoms with Crippen molar-refractivity contribution in [3.8, 4) is 11.3 Å². The predicted octanol–water partition coefficient (Wildman–Crippen LogP) is 2.67. The molecule has 0 aliphatic rings. The van der Waals surface area contributed by atoms with Crippen LogP contribution in [0.5, 0.6) is 0 Å². The van der Waals surface area contributed by atoms with Crippen LogP contribution in [0, 0.1) is 10.8 Å². The van der Waals surface area contributed by atoms with Gasteiger partial charge in [-0.2, -0.15) is 0 Å². The van der Waals surface area contributed by atoms with Crippen molar-refractivity contribution < 1.29 is 4.42 Å². The Labute approximate surface area is 121 Å². The van der Waals surface area contributed by atoms with Crippen LogP contribution < -0.4 is 11.5 Å². The fourth-order valence-corrected chi connectivity index (χ4v) is 2.17.